The molecule has 0 aliphatic rings. The number of fused-ring (bicyclic) bond motifs is 1. The first-order valence-corrected chi connectivity index (χ1v) is 5.17. The van der Waals surface area contributed by atoms with Gasteiger partial charge in [0.25, 0.3) is 0 Å². The monoisotopic (exact) mass is 256 g/mol. The summed E-state index contributed by atoms with van der Waals surface area (Å²) in [5, 5.41) is 2.59. The van der Waals surface area contributed by atoms with Gasteiger partial charge in [-0.3, -0.25) is 4.79 Å². The maximum Gasteiger partial charge on any atom is 0.211 e. The van der Waals surface area contributed by atoms with Crippen molar-refractivity contribution >= 4 is 49.6 Å². The van der Waals surface area contributed by atoms with Crippen LogP contribution in [0.4, 0.5) is 5.69 Å². The number of aromatic nitrogens is 1. The number of rotatable bonds is 2. The first kappa shape index (κ1) is 8.65. The van der Waals surface area contributed by atoms with E-state index in [4.69, 9.17) is 0 Å². The van der Waals surface area contributed by atoms with Gasteiger partial charge >= 0.3 is 0 Å². The predicted octanol–water partition coefficient (Wildman–Crippen LogP) is 2.63. The van der Waals surface area contributed by atoms with E-state index >= 15 is 0 Å². The van der Waals surface area contributed by atoms with Crippen LogP contribution in [0.25, 0.3) is 10.2 Å². The van der Waals surface area contributed by atoms with Gasteiger partial charge in [0.1, 0.15) is 0 Å². The zero-order valence-corrected chi connectivity index (χ0v) is 8.85. The molecule has 0 atom stereocenters. The molecule has 1 N–H and O–H groups in total. The molecule has 1 aromatic heterocycles. The molecule has 5 heteroatoms. The number of anilines is 1. The quantitative estimate of drug-likeness (QED) is 0.840. The molecule has 13 heavy (non-hydrogen) atoms. The van der Waals surface area contributed by atoms with Gasteiger partial charge in [-0.15, -0.1) is 11.3 Å². The van der Waals surface area contributed by atoms with Crippen LogP contribution in [0, 0.1) is 0 Å². The molecular formula is C8H5BrN2OS. The second kappa shape index (κ2) is 3.43. The van der Waals surface area contributed by atoms with Crippen LogP contribution in [0.5, 0.6) is 0 Å². The number of halogens is 1. The zero-order chi connectivity index (χ0) is 9.26. The third kappa shape index (κ3) is 1.71. The van der Waals surface area contributed by atoms with E-state index in [1.165, 1.54) is 0 Å². The van der Waals surface area contributed by atoms with Crippen molar-refractivity contribution < 1.29 is 4.79 Å². The number of amides is 1. The Bertz CT molecular complexity index is 454. The number of carbonyl (C=O) groups excluding carboxylic acids is 1. The van der Waals surface area contributed by atoms with Crippen LogP contribution in [0.2, 0.25) is 0 Å². The van der Waals surface area contributed by atoms with Crippen LogP contribution in [0.3, 0.4) is 0 Å². The van der Waals surface area contributed by atoms with Gasteiger partial charge in [-0.2, -0.15) is 0 Å². The van der Waals surface area contributed by atoms with Crippen molar-refractivity contribution in [3.63, 3.8) is 0 Å². The highest BCUT2D eigenvalue weighted by molar-refractivity contribution is 9.11. The van der Waals surface area contributed by atoms with Crippen molar-refractivity contribution in [1.82, 2.24) is 4.98 Å². The van der Waals surface area contributed by atoms with Gasteiger partial charge in [0, 0.05) is 5.69 Å². The minimum Gasteiger partial charge on any atom is -0.329 e. The number of hydrogen-bond acceptors (Lipinski definition) is 3. The van der Waals surface area contributed by atoms with Gasteiger partial charge < -0.3 is 5.32 Å². The molecule has 2 aromatic rings. The van der Waals surface area contributed by atoms with Crippen molar-refractivity contribution in [3.05, 3.63) is 22.1 Å². The summed E-state index contributed by atoms with van der Waals surface area (Å²) in [6.07, 6.45) is 0.664. The number of nitrogens with one attached hydrogen (secondary N) is 1. The standard InChI is InChI=1S/C8H5BrN2OS/c9-8-11-6-2-1-5(10-4-12)3-7(6)13-8/h1-4H,(H,10,12). The number of thiazole rings is 1. The predicted molar refractivity (Wildman–Crippen MR) is 57.0 cm³/mol. The molecule has 0 unspecified atom stereocenters. The molecule has 0 saturated heterocycles. The van der Waals surface area contributed by atoms with E-state index in [0.29, 0.717) is 6.41 Å². The van der Waals surface area contributed by atoms with E-state index in [1.54, 1.807) is 11.3 Å². The zero-order valence-electron chi connectivity index (χ0n) is 6.45. The van der Waals surface area contributed by atoms with Crippen molar-refractivity contribution in [2.75, 3.05) is 5.32 Å². The van der Waals surface area contributed by atoms with Crippen LogP contribution < -0.4 is 5.32 Å². The first-order valence-electron chi connectivity index (χ1n) is 3.56. The van der Waals surface area contributed by atoms with E-state index < -0.39 is 0 Å². The van der Waals surface area contributed by atoms with Gasteiger partial charge in [0.05, 0.1) is 10.2 Å². The van der Waals surface area contributed by atoms with Gasteiger partial charge in [-0.1, -0.05) is 0 Å². The molecule has 0 fully saturated rings. The first-order chi connectivity index (χ1) is 6.29. The van der Waals surface area contributed by atoms with Crippen molar-refractivity contribution in [2.24, 2.45) is 0 Å². The number of carbonyl (C=O) groups is 1. The lowest BCUT2D eigenvalue weighted by Crippen LogP contribution is -1.92. The smallest absolute Gasteiger partial charge is 0.211 e. The Labute approximate surface area is 86.9 Å². The minimum atomic E-state index is 0.664. The van der Waals surface area contributed by atoms with E-state index in [9.17, 15) is 4.79 Å². The summed E-state index contributed by atoms with van der Waals surface area (Å²) in [6, 6.07) is 5.59. The molecule has 0 bridgehead atoms. The summed E-state index contributed by atoms with van der Waals surface area (Å²) in [7, 11) is 0. The van der Waals surface area contributed by atoms with Gasteiger partial charge in [-0.25, -0.2) is 4.98 Å². The fourth-order valence-corrected chi connectivity index (χ4v) is 2.50. The maximum atomic E-state index is 10.2. The van der Waals surface area contributed by atoms with E-state index in [1.807, 2.05) is 18.2 Å². The third-order valence-electron chi connectivity index (χ3n) is 1.59. The normalized spacial score (nSPS) is 10.2. The highest BCUT2D eigenvalue weighted by Crippen LogP contribution is 2.27. The summed E-state index contributed by atoms with van der Waals surface area (Å²) in [5.74, 6) is 0. The number of hydrogen-bond donors (Lipinski definition) is 1. The van der Waals surface area contributed by atoms with Crippen molar-refractivity contribution in [2.45, 2.75) is 0 Å². The summed E-state index contributed by atoms with van der Waals surface area (Å²) < 4.78 is 1.91. The molecule has 0 radical (unpaired) electrons. The molecular weight excluding hydrogens is 252 g/mol. The largest absolute Gasteiger partial charge is 0.329 e. The average Bonchev–Trinajstić information content (AvgIpc) is 2.44. The molecule has 1 heterocycles. The molecule has 3 nitrogen and oxygen atoms in total. The van der Waals surface area contributed by atoms with Crippen LogP contribution >= 0.6 is 27.3 Å². The van der Waals surface area contributed by atoms with Crippen LogP contribution in [0.1, 0.15) is 0 Å². The Morgan fingerprint density at radius 1 is 1.54 bits per heavy atom. The Hall–Kier alpha value is -0.940. The van der Waals surface area contributed by atoms with Crippen molar-refractivity contribution in [3.8, 4) is 0 Å². The molecule has 0 aliphatic heterocycles. The van der Waals surface area contributed by atoms with Gasteiger partial charge in [0.2, 0.25) is 6.41 Å². The van der Waals surface area contributed by atoms with Crippen LogP contribution in [-0.4, -0.2) is 11.4 Å². The SMILES string of the molecule is O=CNc1ccc2nc(Br)sc2c1. The molecule has 0 spiro atoms. The van der Waals surface area contributed by atoms with E-state index in [2.05, 4.69) is 26.2 Å². The highest BCUT2D eigenvalue weighted by Gasteiger charge is 2.01. The van der Waals surface area contributed by atoms with Gasteiger partial charge in [-0.05, 0) is 34.1 Å². The fraction of sp³-hybridized carbons (Fsp3) is 0. The van der Waals surface area contributed by atoms with E-state index in [0.717, 1.165) is 19.8 Å². The Morgan fingerprint density at radius 3 is 3.15 bits per heavy atom. The molecule has 1 aromatic carbocycles. The van der Waals surface area contributed by atoms with Crippen LogP contribution in [-0.2, 0) is 4.79 Å². The highest BCUT2D eigenvalue weighted by atomic mass is 79.9. The third-order valence-corrected chi connectivity index (χ3v) is 3.06. The maximum absolute atomic E-state index is 10.2. The second-order valence-corrected chi connectivity index (χ2v) is 4.72. The topological polar surface area (TPSA) is 42.0 Å². The summed E-state index contributed by atoms with van der Waals surface area (Å²) in [4.78, 5) is 14.4. The summed E-state index contributed by atoms with van der Waals surface area (Å²) in [6.45, 7) is 0. The fourth-order valence-electron chi connectivity index (χ4n) is 1.05. The average molecular weight is 257 g/mol. The number of nitrogens with zero attached hydrogens (tertiary/aromatic N) is 1. The summed E-state index contributed by atoms with van der Waals surface area (Å²) >= 11 is 4.85. The molecule has 0 aliphatic carbocycles. The minimum absolute atomic E-state index is 0.664. The second-order valence-electron chi connectivity index (χ2n) is 2.41. The Balaban J connectivity index is 2.54. The summed E-state index contributed by atoms with van der Waals surface area (Å²) in [5.41, 5.74) is 1.73. The number of benzene rings is 1. The molecule has 66 valence electrons. The molecule has 0 saturated carbocycles. The Kier molecular flexibility index (Phi) is 2.28. The van der Waals surface area contributed by atoms with Gasteiger partial charge in [0.15, 0.2) is 3.92 Å². The van der Waals surface area contributed by atoms with Crippen molar-refractivity contribution in [1.29, 1.82) is 0 Å². The Morgan fingerprint density at radius 2 is 2.38 bits per heavy atom. The molecule has 1 amide bonds. The lowest BCUT2D eigenvalue weighted by atomic mass is 10.3. The lowest BCUT2D eigenvalue weighted by Gasteiger charge is -1.95. The lowest BCUT2D eigenvalue weighted by molar-refractivity contribution is -0.105. The van der Waals surface area contributed by atoms with Crippen LogP contribution in [0.15, 0.2) is 22.1 Å². The van der Waals surface area contributed by atoms with E-state index in [-0.39, 0.29) is 0 Å². The molecule has 2 rings (SSSR count).